The molecule has 1 fully saturated rings. The summed E-state index contributed by atoms with van der Waals surface area (Å²) >= 11 is 0. The fourth-order valence-electron chi connectivity index (χ4n) is 2.13. The van der Waals surface area contributed by atoms with Crippen LogP contribution in [0.5, 0.6) is 0 Å². The Bertz CT molecular complexity index is 677. The summed E-state index contributed by atoms with van der Waals surface area (Å²) in [6.45, 7) is 0. The van der Waals surface area contributed by atoms with Crippen LogP contribution >= 0.6 is 0 Å². The molecule has 1 aromatic heterocycles. The van der Waals surface area contributed by atoms with E-state index < -0.39 is 23.2 Å². The number of amides is 2. The topological polar surface area (TPSA) is 94.0 Å². The Labute approximate surface area is 118 Å². The maximum Gasteiger partial charge on any atom is 0.313 e. The number of hydrogen-bond donors (Lipinski definition) is 2. The van der Waals surface area contributed by atoms with Gasteiger partial charge in [-0.3, -0.25) is 0 Å². The molecule has 1 saturated carbocycles. The molecule has 110 valence electrons. The lowest BCUT2D eigenvalue weighted by molar-refractivity contribution is 0.238. The number of carbonyl (C=O) groups is 1. The molecule has 1 aromatic carbocycles. The Kier molecular flexibility index (Phi) is 3.08. The Balaban J connectivity index is 1.82. The lowest BCUT2D eigenvalue weighted by Gasteiger charge is -2.09. The third kappa shape index (κ3) is 2.56. The highest BCUT2D eigenvalue weighted by atomic mass is 19.1. The van der Waals surface area contributed by atoms with Gasteiger partial charge in [0.1, 0.15) is 17.2 Å². The van der Waals surface area contributed by atoms with Crippen LogP contribution < -0.4 is 11.1 Å². The first kappa shape index (κ1) is 13.5. The van der Waals surface area contributed by atoms with Gasteiger partial charge in [0.25, 0.3) is 5.89 Å². The number of urea groups is 1. The smallest absolute Gasteiger partial charge is 0.313 e. The van der Waals surface area contributed by atoms with Crippen molar-refractivity contribution in [2.45, 2.75) is 24.8 Å². The summed E-state index contributed by atoms with van der Waals surface area (Å²) in [6, 6.07) is 2.92. The van der Waals surface area contributed by atoms with Crippen LogP contribution in [0, 0.1) is 11.6 Å². The number of halogens is 2. The van der Waals surface area contributed by atoms with Crippen molar-refractivity contribution in [3.05, 3.63) is 47.1 Å². The van der Waals surface area contributed by atoms with Gasteiger partial charge in [0.05, 0.1) is 0 Å². The molecule has 1 aliphatic rings. The normalized spacial score (nSPS) is 15.7. The summed E-state index contributed by atoms with van der Waals surface area (Å²) < 4.78 is 32.2. The number of primary amides is 1. The van der Waals surface area contributed by atoms with Crippen LogP contribution in [0.2, 0.25) is 0 Å². The van der Waals surface area contributed by atoms with E-state index in [9.17, 15) is 13.6 Å². The molecular weight excluding hydrogens is 282 g/mol. The molecule has 0 unspecified atom stereocenters. The molecule has 6 nitrogen and oxygen atoms in total. The minimum atomic E-state index is -0.731. The third-order valence-corrected chi connectivity index (χ3v) is 3.39. The molecule has 0 saturated heterocycles. The van der Waals surface area contributed by atoms with Gasteiger partial charge >= 0.3 is 6.03 Å². The van der Waals surface area contributed by atoms with E-state index in [0.717, 1.165) is 12.1 Å². The van der Waals surface area contributed by atoms with Crippen LogP contribution in [0.3, 0.4) is 0 Å². The molecule has 0 radical (unpaired) electrons. The zero-order valence-corrected chi connectivity index (χ0v) is 10.9. The predicted molar refractivity (Wildman–Crippen MR) is 67.1 cm³/mol. The van der Waals surface area contributed by atoms with E-state index in [1.54, 1.807) is 0 Å². The van der Waals surface area contributed by atoms with Crippen molar-refractivity contribution < 1.29 is 18.1 Å². The molecule has 0 bridgehead atoms. The molecule has 1 aliphatic carbocycles. The Morgan fingerprint density at radius 3 is 2.62 bits per heavy atom. The fraction of sp³-hybridized carbons (Fsp3) is 0.308. The van der Waals surface area contributed by atoms with Gasteiger partial charge < -0.3 is 15.6 Å². The average molecular weight is 294 g/mol. The van der Waals surface area contributed by atoms with Crippen molar-refractivity contribution in [1.29, 1.82) is 0 Å². The maximum atomic E-state index is 13.6. The number of aromatic nitrogens is 2. The summed E-state index contributed by atoms with van der Waals surface area (Å²) in [5.74, 6) is -0.991. The van der Waals surface area contributed by atoms with Crippen molar-refractivity contribution in [1.82, 2.24) is 15.5 Å². The van der Waals surface area contributed by atoms with Crippen molar-refractivity contribution in [3.63, 3.8) is 0 Å². The number of carbonyl (C=O) groups excluding carboxylic acids is 1. The Morgan fingerprint density at radius 2 is 2.05 bits per heavy atom. The second kappa shape index (κ2) is 4.80. The van der Waals surface area contributed by atoms with Crippen LogP contribution in [0.15, 0.2) is 22.7 Å². The van der Waals surface area contributed by atoms with Gasteiger partial charge in [-0.25, -0.2) is 13.6 Å². The van der Waals surface area contributed by atoms with E-state index in [1.165, 1.54) is 6.07 Å². The monoisotopic (exact) mass is 294 g/mol. The molecule has 1 heterocycles. The van der Waals surface area contributed by atoms with E-state index in [1.807, 2.05) is 0 Å². The van der Waals surface area contributed by atoms with Gasteiger partial charge in [0.2, 0.25) is 0 Å². The van der Waals surface area contributed by atoms with Gasteiger partial charge in [0, 0.05) is 12.0 Å². The van der Waals surface area contributed by atoms with Crippen LogP contribution in [0.1, 0.15) is 30.1 Å². The highest BCUT2D eigenvalue weighted by Crippen LogP contribution is 2.44. The van der Waals surface area contributed by atoms with Crippen LogP contribution in [-0.2, 0) is 12.0 Å². The Hall–Kier alpha value is -2.51. The zero-order valence-electron chi connectivity index (χ0n) is 10.9. The highest BCUT2D eigenvalue weighted by molar-refractivity contribution is 5.73. The van der Waals surface area contributed by atoms with Crippen molar-refractivity contribution in [2.24, 2.45) is 5.73 Å². The van der Waals surface area contributed by atoms with E-state index in [4.69, 9.17) is 10.3 Å². The number of nitrogens with two attached hydrogens (primary N) is 1. The van der Waals surface area contributed by atoms with E-state index >= 15 is 0 Å². The minimum absolute atomic E-state index is 0.127. The Morgan fingerprint density at radius 1 is 1.38 bits per heavy atom. The first-order valence-corrected chi connectivity index (χ1v) is 6.34. The van der Waals surface area contributed by atoms with Crippen molar-refractivity contribution in [2.75, 3.05) is 0 Å². The van der Waals surface area contributed by atoms with E-state index in [2.05, 4.69) is 15.5 Å². The highest BCUT2D eigenvalue weighted by Gasteiger charge is 2.50. The van der Waals surface area contributed by atoms with Crippen molar-refractivity contribution >= 4 is 6.03 Å². The number of nitrogens with one attached hydrogen (secondary N) is 1. The molecule has 2 aromatic rings. The van der Waals surface area contributed by atoms with Crippen LogP contribution in [-0.4, -0.2) is 16.2 Å². The molecule has 0 atom stereocenters. The minimum Gasteiger partial charge on any atom is -0.352 e. The summed E-state index contributed by atoms with van der Waals surface area (Å²) in [7, 11) is 0. The summed E-state index contributed by atoms with van der Waals surface area (Å²) in [4.78, 5) is 15.0. The molecule has 0 aliphatic heterocycles. The molecule has 3 rings (SSSR count). The number of hydrogen-bond acceptors (Lipinski definition) is 4. The third-order valence-electron chi connectivity index (χ3n) is 3.39. The van der Waals surface area contributed by atoms with Crippen LogP contribution in [0.4, 0.5) is 13.6 Å². The number of nitrogens with zero attached hydrogens (tertiary/aromatic N) is 2. The summed E-state index contributed by atoms with van der Waals surface area (Å²) in [5.41, 5.74) is 4.23. The molecular formula is C13H12F2N4O2. The lowest BCUT2D eigenvalue weighted by Crippen LogP contribution is -2.38. The average Bonchev–Trinajstić information content (AvgIpc) is 3.02. The molecule has 8 heteroatoms. The fourth-order valence-corrected chi connectivity index (χ4v) is 2.13. The second-order valence-electron chi connectivity index (χ2n) is 4.96. The summed E-state index contributed by atoms with van der Waals surface area (Å²) in [6.07, 6.45) is 1.13. The van der Waals surface area contributed by atoms with Crippen LogP contribution in [0.25, 0.3) is 0 Å². The second-order valence-corrected chi connectivity index (χ2v) is 4.96. The predicted octanol–water partition coefficient (Wildman–Crippen LogP) is 1.60. The van der Waals surface area contributed by atoms with Gasteiger partial charge in [-0.05, 0) is 25.0 Å². The van der Waals surface area contributed by atoms with Crippen molar-refractivity contribution in [3.8, 4) is 0 Å². The molecule has 0 spiro atoms. The first-order chi connectivity index (χ1) is 10.00. The van der Waals surface area contributed by atoms with Gasteiger partial charge in [-0.1, -0.05) is 11.2 Å². The van der Waals surface area contributed by atoms with E-state index in [0.29, 0.717) is 12.8 Å². The first-order valence-electron chi connectivity index (χ1n) is 6.34. The van der Waals surface area contributed by atoms with Gasteiger partial charge in [0.15, 0.2) is 5.82 Å². The summed E-state index contributed by atoms with van der Waals surface area (Å²) in [5, 5.41) is 6.24. The quantitative estimate of drug-likeness (QED) is 0.895. The zero-order chi connectivity index (χ0) is 15.0. The SMILES string of the molecule is NC(=O)NC1(c2nc(Cc3c(F)cccc3F)no2)CC1. The number of rotatable bonds is 4. The maximum absolute atomic E-state index is 13.6. The number of benzene rings is 1. The van der Waals surface area contributed by atoms with E-state index in [-0.39, 0.29) is 23.7 Å². The molecule has 21 heavy (non-hydrogen) atoms. The van der Waals surface area contributed by atoms with Gasteiger partial charge in [-0.2, -0.15) is 4.98 Å². The lowest BCUT2D eigenvalue weighted by atomic mass is 10.1. The standard InChI is InChI=1S/C13H12F2N4O2/c14-8-2-1-3-9(15)7(8)6-10-17-11(21-19-10)13(4-5-13)18-12(16)20/h1-3H,4-6H2,(H3,16,18,20). The largest absolute Gasteiger partial charge is 0.352 e. The molecule has 2 amide bonds. The molecule has 3 N–H and O–H groups in total. The van der Waals surface area contributed by atoms with Gasteiger partial charge in [-0.15, -0.1) is 0 Å².